The van der Waals surface area contributed by atoms with Crippen molar-refractivity contribution in [2.75, 3.05) is 6.61 Å². The predicted molar refractivity (Wildman–Crippen MR) is 173 cm³/mol. The lowest BCUT2D eigenvalue weighted by molar-refractivity contribution is 0.0764. The van der Waals surface area contributed by atoms with Gasteiger partial charge in [-0.1, -0.05) is 80.0 Å². The third-order valence-electron chi connectivity index (χ3n) is 9.60. The lowest BCUT2D eigenvalue weighted by Gasteiger charge is -2.49. The van der Waals surface area contributed by atoms with Crippen LogP contribution < -0.4 is 0 Å². The van der Waals surface area contributed by atoms with Crippen molar-refractivity contribution in [2.24, 2.45) is 0 Å². The zero-order valence-corrected chi connectivity index (χ0v) is 30.5. The second kappa shape index (κ2) is 14.3. The van der Waals surface area contributed by atoms with Crippen LogP contribution in [0.2, 0.25) is 54.4 Å². The van der Waals surface area contributed by atoms with Crippen LogP contribution in [-0.2, 0) is 13.3 Å². The van der Waals surface area contributed by atoms with Crippen molar-refractivity contribution in [3.8, 4) is 0 Å². The van der Waals surface area contributed by atoms with E-state index >= 15 is 0 Å². The second-order valence-corrected chi connectivity index (χ2v) is 28.2. The van der Waals surface area contributed by atoms with Crippen LogP contribution in [0.1, 0.15) is 89.0 Å². The highest BCUT2D eigenvalue weighted by atomic mass is 35.5. The normalized spacial score (nSPS) is 23.7. The van der Waals surface area contributed by atoms with Crippen molar-refractivity contribution in [2.45, 2.75) is 160 Å². The van der Waals surface area contributed by atoms with E-state index in [4.69, 9.17) is 24.9 Å². The summed E-state index contributed by atoms with van der Waals surface area (Å²) in [5, 5.41) is 0.142. The van der Waals surface area contributed by atoms with E-state index in [-0.39, 0.29) is 17.2 Å². The Kier molecular flexibility index (Phi) is 13.6. The molecule has 0 aromatic carbocycles. The van der Waals surface area contributed by atoms with E-state index in [0.29, 0.717) is 6.61 Å². The molecule has 0 aromatic rings. The van der Waals surface area contributed by atoms with Gasteiger partial charge in [0.2, 0.25) is 0 Å². The van der Waals surface area contributed by atoms with E-state index in [1.165, 1.54) is 11.1 Å². The Morgan fingerprint density at radius 2 is 1.41 bits per heavy atom. The molecule has 0 amide bonds. The Balaban J connectivity index is 3.65. The Morgan fingerprint density at radius 3 is 1.81 bits per heavy atom. The molecule has 0 bridgehead atoms. The maximum Gasteiger partial charge on any atom is 0.192 e. The van der Waals surface area contributed by atoms with Crippen molar-refractivity contribution in [3.63, 3.8) is 0 Å². The summed E-state index contributed by atoms with van der Waals surface area (Å²) in [5.41, 5.74) is 2.61. The first-order chi connectivity index (χ1) is 17.0. The molecule has 0 unspecified atom stereocenters. The van der Waals surface area contributed by atoms with Crippen molar-refractivity contribution in [1.29, 1.82) is 0 Å². The van der Waals surface area contributed by atoms with Gasteiger partial charge in [0.15, 0.2) is 25.0 Å². The third kappa shape index (κ3) is 9.16. The van der Waals surface area contributed by atoms with Crippen LogP contribution in [0, 0.1) is 0 Å². The molecule has 0 heterocycles. The van der Waals surface area contributed by atoms with E-state index < -0.39 is 29.8 Å². The summed E-state index contributed by atoms with van der Waals surface area (Å²) in [4.78, 5) is -0.623. The van der Waals surface area contributed by atoms with Gasteiger partial charge in [-0.15, -0.1) is 11.6 Å². The predicted octanol–water partition coefficient (Wildman–Crippen LogP) is 10.5. The van der Waals surface area contributed by atoms with Gasteiger partial charge >= 0.3 is 0 Å². The summed E-state index contributed by atoms with van der Waals surface area (Å²) in [5.74, 6) is 0. The first kappa shape index (κ1) is 35.3. The van der Waals surface area contributed by atoms with Crippen LogP contribution in [0.25, 0.3) is 0 Å². The summed E-state index contributed by atoms with van der Waals surface area (Å²) < 4.78 is 21.3. The van der Waals surface area contributed by atoms with Crippen LogP contribution in [-0.4, -0.2) is 48.6 Å². The maximum atomic E-state index is 7.81. The number of rotatable bonds is 15. The molecule has 0 radical (unpaired) electrons. The van der Waals surface area contributed by atoms with E-state index in [9.17, 15) is 0 Å². The van der Waals surface area contributed by atoms with Crippen LogP contribution in [0.3, 0.4) is 0 Å². The van der Waals surface area contributed by atoms with E-state index in [1.54, 1.807) is 0 Å². The lowest BCUT2D eigenvalue weighted by atomic mass is 9.82. The molecule has 0 fully saturated rings. The second-order valence-electron chi connectivity index (χ2n) is 13.2. The largest absolute Gasteiger partial charge is 0.415 e. The first-order valence-electron chi connectivity index (χ1n) is 15.0. The first-order valence-corrected chi connectivity index (χ1v) is 23.4. The summed E-state index contributed by atoms with van der Waals surface area (Å²) in [6.45, 7) is 30.3. The van der Waals surface area contributed by atoms with Crippen molar-refractivity contribution in [1.82, 2.24) is 0 Å². The Hall–Kier alpha value is 0.301. The van der Waals surface area contributed by atoms with Gasteiger partial charge in [-0.05, 0) is 80.2 Å². The number of alkyl halides is 1. The number of halogens is 1. The van der Waals surface area contributed by atoms with Gasteiger partial charge in [-0.2, -0.15) is 0 Å². The smallest absolute Gasteiger partial charge is 0.192 e. The fourth-order valence-electron chi connectivity index (χ4n) is 5.18. The van der Waals surface area contributed by atoms with E-state index in [0.717, 1.165) is 49.1 Å². The summed E-state index contributed by atoms with van der Waals surface area (Å²) in [6, 6.07) is 6.71. The highest BCUT2D eigenvalue weighted by Crippen LogP contribution is 2.46. The molecule has 0 saturated carbocycles. The van der Waals surface area contributed by atoms with Gasteiger partial charge in [0.25, 0.3) is 0 Å². The van der Waals surface area contributed by atoms with Gasteiger partial charge in [-0.25, -0.2) is 0 Å². The number of hydrogen-bond donors (Lipinski definition) is 0. The molecule has 3 nitrogen and oxygen atoms in total. The molecule has 218 valence electrons. The highest BCUT2D eigenvalue weighted by Gasteiger charge is 2.51. The Morgan fingerprint density at radius 1 is 0.919 bits per heavy atom. The third-order valence-corrected chi connectivity index (χ3v) is 23.8. The fraction of sp³-hybridized carbons (Fsp3) is 0.867. The topological polar surface area (TPSA) is 27.7 Å². The van der Waals surface area contributed by atoms with Crippen LogP contribution >= 0.6 is 11.6 Å². The van der Waals surface area contributed by atoms with Crippen molar-refractivity contribution in [3.05, 3.63) is 23.3 Å². The van der Waals surface area contributed by atoms with Gasteiger partial charge in [-0.3, -0.25) is 0 Å². The monoisotopic (exact) mass is 588 g/mol. The quantitative estimate of drug-likeness (QED) is 0.108. The van der Waals surface area contributed by atoms with Crippen LogP contribution in [0.5, 0.6) is 0 Å². The van der Waals surface area contributed by atoms with Crippen molar-refractivity contribution < 1.29 is 13.3 Å². The maximum absolute atomic E-state index is 7.81. The molecular formula is C30H61ClO3Si3. The summed E-state index contributed by atoms with van der Waals surface area (Å²) >= 11 is 7.81. The minimum absolute atomic E-state index is 0.00991. The molecular weight excluding hydrogens is 528 g/mol. The zero-order valence-electron chi connectivity index (χ0n) is 26.8. The standard InChI is InChI=1S/C30H61ClO3Si3/c1-14-36(15-2,16-3)32-24-30(31)23-27(33-35(12,13)29(9,10)11)22-26(21-20-25(7)8)28(30)34-37(17-4,18-5)19-6/h20,22,27-28H,14-19,21,23-24H2,1-13H3/t27-,28+,30+/m1/s1. The summed E-state index contributed by atoms with van der Waals surface area (Å²) in [6.07, 6.45) is 6.17. The Labute approximate surface area is 239 Å². The Bertz CT molecular complexity index is 746. The molecule has 0 saturated heterocycles. The average molecular weight is 590 g/mol. The van der Waals surface area contributed by atoms with Crippen LogP contribution in [0.4, 0.5) is 0 Å². The minimum atomic E-state index is -1.98. The average Bonchev–Trinajstić information content (AvgIpc) is 2.83. The van der Waals surface area contributed by atoms with Gasteiger partial charge in [0, 0.05) is 6.42 Å². The SMILES string of the molecule is CC[Si](CC)(CC)OC[C@@]1(Cl)C[C@H](O[Si](C)(C)C(C)(C)C)C=C(CC=C(C)C)[C@@H]1O[Si](CC)(CC)CC. The van der Waals surface area contributed by atoms with Gasteiger partial charge in [0.1, 0.15) is 0 Å². The van der Waals surface area contributed by atoms with E-state index in [2.05, 4.69) is 101 Å². The number of allylic oxidation sites excluding steroid dienone is 2. The molecule has 0 aromatic heterocycles. The molecule has 0 spiro atoms. The molecule has 1 rings (SSSR count). The van der Waals surface area contributed by atoms with Crippen molar-refractivity contribution >= 4 is 36.6 Å². The molecule has 1 aliphatic carbocycles. The number of hydrogen-bond acceptors (Lipinski definition) is 3. The lowest BCUT2D eigenvalue weighted by Crippen LogP contribution is -2.57. The van der Waals surface area contributed by atoms with Gasteiger partial charge < -0.3 is 13.3 Å². The molecule has 1 aliphatic rings. The van der Waals surface area contributed by atoms with Gasteiger partial charge in [0.05, 0.1) is 23.7 Å². The zero-order chi connectivity index (χ0) is 28.7. The summed E-state index contributed by atoms with van der Waals surface area (Å²) in [7, 11) is -5.71. The minimum Gasteiger partial charge on any atom is -0.415 e. The highest BCUT2D eigenvalue weighted by molar-refractivity contribution is 6.74. The fourth-order valence-corrected chi connectivity index (χ4v) is 12.6. The van der Waals surface area contributed by atoms with E-state index in [1.807, 2.05) is 0 Å². The molecule has 0 aliphatic heterocycles. The molecule has 7 heteroatoms. The molecule has 3 atom stereocenters. The molecule has 37 heavy (non-hydrogen) atoms. The molecule has 0 N–H and O–H groups in total. The van der Waals surface area contributed by atoms with Crippen LogP contribution in [0.15, 0.2) is 23.3 Å².